The molecule has 1 aliphatic heterocycles. The summed E-state index contributed by atoms with van der Waals surface area (Å²) < 4.78 is 5.67. The number of aliphatic hydroxyl groups is 2. The molecule has 0 saturated carbocycles. The summed E-state index contributed by atoms with van der Waals surface area (Å²) in [7, 11) is 0. The van der Waals surface area contributed by atoms with Crippen LogP contribution in [0.4, 0.5) is 0 Å². The number of likely N-dealkylation sites (tertiary alicyclic amines) is 1. The van der Waals surface area contributed by atoms with E-state index in [1.807, 2.05) is 12.1 Å². The summed E-state index contributed by atoms with van der Waals surface area (Å²) in [6.07, 6.45) is 1.19. The van der Waals surface area contributed by atoms with Gasteiger partial charge in [-0.2, -0.15) is 0 Å². The second kappa shape index (κ2) is 16.8. The molecule has 54 heavy (non-hydrogen) atoms. The number of hydrogen-bond acceptors (Lipinski definition) is 9. The standard InChI is InChI=1S/C41H42N4O9/c46-34-17-15-32(33-16-18-36(48)44-38(33)34)35(47)23-42-20-19-26-11-13-27(14-12-26)39(50)45-21-5-9-30(24-45)43-37(49)25-54-31-10-4-8-29(22-31)41(53,40(51)52)28-6-2-1-3-7-28/h1-4,6-8,10-18,22,30,35,42,46-47,53H,5,9,19-21,23-25H2,(H,43,49)(H,44,48)(H,51,52). The van der Waals surface area contributed by atoms with Crippen LogP contribution in [0.3, 0.4) is 0 Å². The zero-order valence-corrected chi connectivity index (χ0v) is 29.4. The number of phenols is 1. The molecular formula is C41H42N4O9. The lowest BCUT2D eigenvalue weighted by Crippen LogP contribution is -2.50. The van der Waals surface area contributed by atoms with Gasteiger partial charge in [0.1, 0.15) is 11.5 Å². The third-order valence-electron chi connectivity index (χ3n) is 9.59. The summed E-state index contributed by atoms with van der Waals surface area (Å²) in [6, 6.07) is 27.1. The van der Waals surface area contributed by atoms with Crippen LogP contribution < -0.4 is 20.9 Å². The average Bonchev–Trinajstić information content (AvgIpc) is 3.19. The minimum absolute atomic E-state index is 0.0668. The monoisotopic (exact) mass is 734 g/mol. The Morgan fingerprint density at radius 2 is 1.70 bits per heavy atom. The van der Waals surface area contributed by atoms with Crippen molar-refractivity contribution >= 4 is 28.7 Å². The molecular weight excluding hydrogens is 692 g/mol. The van der Waals surface area contributed by atoms with Gasteiger partial charge in [0.05, 0.1) is 11.6 Å². The SMILES string of the molecule is O=C(COc1cccc(C(O)(C(=O)O)c2ccccc2)c1)NC1CCCN(C(=O)c2ccc(CCNCC(O)c3ccc(O)c4[nH]c(=O)ccc34)cc2)C1. The van der Waals surface area contributed by atoms with Crippen molar-refractivity contribution in [1.29, 1.82) is 0 Å². The van der Waals surface area contributed by atoms with Crippen LogP contribution in [0.2, 0.25) is 0 Å². The van der Waals surface area contributed by atoms with Crippen molar-refractivity contribution in [3.63, 3.8) is 0 Å². The van der Waals surface area contributed by atoms with E-state index in [4.69, 9.17) is 4.74 Å². The van der Waals surface area contributed by atoms with Crippen molar-refractivity contribution in [3.8, 4) is 11.5 Å². The van der Waals surface area contributed by atoms with Crippen molar-refractivity contribution in [1.82, 2.24) is 20.5 Å². The van der Waals surface area contributed by atoms with Gasteiger partial charge in [-0.3, -0.25) is 14.4 Å². The molecule has 5 aromatic rings. The van der Waals surface area contributed by atoms with Gasteiger partial charge in [-0.1, -0.05) is 60.7 Å². The number of nitrogens with one attached hydrogen (secondary N) is 3. The molecule has 0 radical (unpaired) electrons. The van der Waals surface area contributed by atoms with Gasteiger partial charge in [0, 0.05) is 48.3 Å². The van der Waals surface area contributed by atoms with Gasteiger partial charge in [0.2, 0.25) is 11.2 Å². The number of nitrogens with zero attached hydrogens (tertiary/aromatic N) is 1. The van der Waals surface area contributed by atoms with Gasteiger partial charge in [-0.15, -0.1) is 0 Å². The highest BCUT2D eigenvalue weighted by Crippen LogP contribution is 2.32. The van der Waals surface area contributed by atoms with E-state index < -0.39 is 23.6 Å². The molecule has 1 fully saturated rings. The Balaban J connectivity index is 0.960. The first kappa shape index (κ1) is 37.7. The Hall–Kier alpha value is -6.02. The number of aromatic hydroxyl groups is 1. The molecule has 0 aliphatic carbocycles. The fourth-order valence-corrected chi connectivity index (χ4v) is 6.73. The molecule has 1 saturated heterocycles. The van der Waals surface area contributed by atoms with Crippen LogP contribution in [0.1, 0.15) is 51.6 Å². The number of aromatic nitrogens is 1. The predicted molar refractivity (Wildman–Crippen MR) is 200 cm³/mol. The normalized spacial score (nSPS) is 16.0. The number of carboxylic acids is 1. The molecule has 4 aromatic carbocycles. The first-order chi connectivity index (χ1) is 26.0. The highest BCUT2D eigenvalue weighted by atomic mass is 16.5. The first-order valence-corrected chi connectivity index (χ1v) is 17.7. The Labute approximate surface area is 310 Å². The molecule has 6 rings (SSSR count). The summed E-state index contributed by atoms with van der Waals surface area (Å²) in [4.78, 5) is 54.4. The second-order valence-corrected chi connectivity index (χ2v) is 13.3. The third-order valence-corrected chi connectivity index (χ3v) is 9.59. The zero-order chi connectivity index (χ0) is 38.2. The number of pyridine rings is 1. The fraction of sp³-hybridized carbons (Fsp3) is 0.268. The number of piperidine rings is 1. The number of aliphatic hydroxyl groups excluding tert-OH is 1. The summed E-state index contributed by atoms with van der Waals surface area (Å²) >= 11 is 0. The molecule has 13 heteroatoms. The number of hydrogen-bond donors (Lipinski definition) is 7. The minimum Gasteiger partial charge on any atom is -0.506 e. The van der Waals surface area contributed by atoms with Crippen LogP contribution >= 0.6 is 0 Å². The molecule has 1 aromatic heterocycles. The topological polar surface area (TPSA) is 202 Å². The Morgan fingerprint density at radius 1 is 0.944 bits per heavy atom. The summed E-state index contributed by atoms with van der Waals surface area (Å²) in [5.74, 6) is -1.82. The van der Waals surface area contributed by atoms with Crippen LogP contribution in [-0.4, -0.2) is 86.9 Å². The molecule has 13 nitrogen and oxygen atoms in total. The van der Waals surface area contributed by atoms with Crippen LogP contribution in [-0.2, 0) is 21.6 Å². The number of amides is 2. The van der Waals surface area contributed by atoms with Crippen molar-refractivity contribution < 1.29 is 39.5 Å². The number of rotatable bonds is 14. The predicted octanol–water partition coefficient (Wildman–Crippen LogP) is 3.22. The van der Waals surface area contributed by atoms with Crippen LogP contribution in [0.25, 0.3) is 10.9 Å². The first-order valence-electron chi connectivity index (χ1n) is 17.7. The second-order valence-electron chi connectivity index (χ2n) is 13.3. The van der Waals surface area contributed by atoms with Crippen LogP contribution in [0.5, 0.6) is 11.5 Å². The molecule has 280 valence electrons. The highest BCUT2D eigenvalue weighted by molar-refractivity contribution is 5.94. The number of carbonyl (C=O) groups excluding carboxylic acids is 2. The molecule has 3 atom stereocenters. The van der Waals surface area contributed by atoms with Crippen LogP contribution in [0.15, 0.2) is 108 Å². The van der Waals surface area contributed by atoms with E-state index in [1.54, 1.807) is 59.5 Å². The number of carbonyl (C=O) groups is 3. The Kier molecular flexibility index (Phi) is 11.7. The maximum absolute atomic E-state index is 13.4. The maximum atomic E-state index is 13.4. The largest absolute Gasteiger partial charge is 0.506 e. The molecule has 2 heterocycles. The number of carboxylic acid groups (broad SMARTS) is 1. The summed E-state index contributed by atoms with van der Waals surface area (Å²) in [6.45, 7) is 1.38. The number of H-pyrrole nitrogens is 1. The fourth-order valence-electron chi connectivity index (χ4n) is 6.73. The quantitative estimate of drug-likeness (QED) is 0.0831. The van der Waals surface area contributed by atoms with Gasteiger partial charge in [0.25, 0.3) is 11.8 Å². The maximum Gasteiger partial charge on any atom is 0.345 e. The van der Waals surface area contributed by atoms with E-state index in [1.165, 1.54) is 36.4 Å². The van der Waals surface area contributed by atoms with Gasteiger partial charge >= 0.3 is 5.97 Å². The number of aliphatic carboxylic acids is 1. The van der Waals surface area contributed by atoms with Gasteiger partial charge < -0.3 is 45.7 Å². The van der Waals surface area contributed by atoms with Crippen molar-refractivity contribution in [2.75, 3.05) is 32.8 Å². The smallest absolute Gasteiger partial charge is 0.345 e. The van der Waals surface area contributed by atoms with Gasteiger partial charge in [0.15, 0.2) is 6.61 Å². The molecule has 3 unspecified atom stereocenters. The number of benzene rings is 4. The lowest BCUT2D eigenvalue weighted by atomic mass is 9.86. The molecule has 1 aliphatic rings. The van der Waals surface area contributed by atoms with E-state index in [-0.39, 0.29) is 58.8 Å². The molecule has 7 N–H and O–H groups in total. The van der Waals surface area contributed by atoms with E-state index in [2.05, 4.69) is 15.6 Å². The lowest BCUT2D eigenvalue weighted by molar-refractivity contribution is -0.155. The highest BCUT2D eigenvalue weighted by Gasteiger charge is 2.40. The number of phenolic OH excluding ortho intramolecular Hbond substituents is 1. The third kappa shape index (κ3) is 8.60. The van der Waals surface area contributed by atoms with Crippen LogP contribution in [0, 0.1) is 0 Å². The van der Waals surface area contributed by atoms with E-state index in [0.29, 0.717) is 55.4 Å². The van der Waals surface area contributed by atoms with E-state index in [0.717, 1.165) is 5.56 Å². The van der Waals surface area contributed by atoms with Crippen molar-refractivity contribution in [2.45, 2.75) is 37.0 Å². The number of ether oxygens (including phenoxy) is 1. The lowest BCUT2D eigenvalue weighted by Gasteiger charge is -2.33. The number of fused-ring (bicyclic) bond motifs is 1. The van der Waals surface area contributed by atoms with Gasteiger partial charge in [-0.05, 0) is 78.9 Å². The zero-order valence-electron chi connectivity index (χ0n) is 29.4. The minimum atomic E-state index is -2.30. The van der Waals surface area contributed by atoms with E-state index >= 15 is 0 Å². The van der Waals surface area contributed by atoms with Gasteiger partial charge in [-0.25, -0.2) is 4.79 Å². The molecule has 0 spiro atoms. The summed E-state index contributed by atoms with van der Waals surface area (Å²) in [5.41, 5.74) is 0.0235. The molecule has 0 bridgehead atoms. The van der Waals surface area contributed by atoms with E-state index in [9.17, 15) is 39.6 Å². The average molecular weight is 735 g/mol. The summed E-state index contributed by atoms with van der Waals surface area (Å²) in [5, 5.41) is 48.7. The Bertz CT molecular complexity index is 2170. The Morgan fingerprint density at radius 3 is 2.46 bits per heavy atom. The molecule has 2 amide bonds. The van der Waals surface area contributed by atoms with Crippen molar-refractivity contribution in [3.05, 3.63) is 141 Å². The number of aromatic amines is 1. The van der Waals surface area contributed by atoms with Crippen molar-refractivity contribution in [2.24, 2.45) is 0 Å².